The molecule has 19 heavy (non-hydrogen) atoms. The lowest BCUT2D eigenvalue weighted by atomic mass is 10.2. The molecular weight excluding hydrogens is 275 g/mol. The molecule has 0 aliphatic carbocycles. The number of carboxylic acids is 1. The Morgan fingerprint density at radius 3 is 2.84 bits per heavy atom. The number of furan rings is 1. The maximum Gasteiger partial charge on any atom is 0.338 e. The van der Waals surface area contributed by atoms with Crippen LogP contribution in [-0.2, 0) is 0 Å². The van der Waals surface area contributed by atoms with E-state index in [1.54, 1.807) is 6.07 Å². The number of carbonyl (C=O) groups is 1. The summed E-state index contributed by atoms with van der Waals surface area (Å²) in [6, 6.07) is 5.20. The average Bonchev–Trinajstić information content (AvgIpc) is 2.93. The molecule has 0 spiro atoms. The minimum atomic E-state index is -1.25. The summed E-state index contributed by atoms with van der Waals surface area (Å²) in [5, 5.41) is 9.21. The van der Waals surface area contributed by atoms with Gasteiger partial charge in [0.05, 0.1) is 11.1 Å². The predicted molar refractivity (Wildman–Crippen MR) is 65.7 cm³/mol. The number of aromatic carboxylic acids is 1. The third-order valence-electron chi connectivity index (χ3n) is 2.59. The van der Waals surface area contributed by atoms with Gasteiger partial charge >= 0.3 is 5.97 Å². The summed E-state index contributed by atoms with van der Waals surface area (Å²) in [4.78, 5) is 17.9. The van der Waals surface area contributed by atoms with Gasteiger partial charge in [0, 0.05) is 0 Å². The summed E-state index contributed by atoms with van der Waals surface area (Å²) >= 11 is 5.65. The van der Waals surface area contributed by atoms with Gasteiger partial charge in [0.25, 0.3) is 0 Å². The van der Waals surface area contributed by atoms with Crippen molar-refractivity contribution < 1.29 is 18.7 Å². The van der Waals surface area contributed by atoms with Gasteiger partial charge in [0.15, 0.2) is 16.8 Å². The molecule has 0 unspecified atom stereocenters. The standard InChI is InChI=1S/C12H6ClFN2O3/c13-9-2-1-8(19-9)11-15-7-4-5(14)3-6(12(17)18)10(7)16-11/h1-4H,(H,15,16)(H,17,18). The zero-order valence-electron chi connectivity index (χ0n) is 9.28. The summed E-state index contributed by atoms with van der Waals surface area (Å²) in [6.07, 6.45) is 0. The predicted octanol–water partition coefficient (Wildman–Crippen LogP) is 3.31. The lowest BCUT2D eigenvalue weighted by Gasteiger charge is -1.95. The van der Waals surface area contributed by atoms with Crippen LogP contribution in [0.3, 0.4) is 0 Å². The van der Waals surface area contributed by atoms with Crippen molar-refractivity contribution in [3.63, 3.8) is 0 Å². The van der Waals surface area contributed by atoms with Crippen LogP contribution in [-0.4, -0.2) is 21.0 Å². The number of H-pyrrole nitrogens is 1. The SMILES string of the molecule is O=C(O)c1cc(F)cc2[nH]c(-c3ccc(Cl)o3)nc12. The second-order valence-electron chi connectivity index (χ2n) is 3.84. The Labute approximate surface area is 110 Å². The van der Waals surface area contributed by atoms with Crippen molar-refractivity contribution in [1.29, 1.82) is 0 Å². The first kappa shape index (κ1) is 11.7. The number of nitrogens with zero attached hydrogens (tertiary/aromatic N) is 1. The first-order valence-electron chi connectivity index (χ1n) is 5.23. The van der Waals surface area contributed by atoms with E-state index in [0.717, 1.165) is 6.07 Å². The number of rotatable bonds is 2. The molecule has 0 amide bonds. The second-order valence-corrected chi connectivity index (χ2v) is 4.22. The van der Waals surface area contributed by atoms with E-state index in [1.807, 2.05) is 0 Å². The van der Waals surface area contributed by atoms with E-state index in [0.29, 0.717) is 5.76 Å². The Hall–Kier alpha value is -2.34. The molecule has 0 saturated heterocycles. The zero-order valence-corrected chi connectivity index (χ0v) is 10.0. The van der Waals surface area contributed by atoms with E-state index in [4.69, 9.17) is 21.1 Å². The third kappa shape index (κ3) is 1.96. The van der Waals surface area contributed by atoms with Crippen LogP contribution >= 0.6 is 11.6 Å². The first-order chi connectivity index (χ1) is 9.04. The van der Waals surface area contributed by atoms with Gasteiger partial charge in [-0.05, 0) is 35.9 Å². The minimum Gasteiger partial charge on any atom is -0.478 e. The molecule has 0 aliphatic heterocycles. The first-order valence-corrected chi connectivity index (χ1v) is 5.60. The van der Waals surface area contributed by atoms with Crippen LogP contribution < -0.4 is 0 Å². The number of hydrogen-bond acceptors (Lipinski definition) is 3. The molecule has 0 fully saturated rings. The summed E-state index contributed by atoms with van der Waals surface area (Å²) in [5.41, 5.74) is 0.228. The average molecular weight is 281 g/mol. The highest BCUT2D eigenvalue weighted by Gasteiger charge is 2.16. The van der Waals surface area contributed by atoms with Gasteiger partial charge in [-0.15, -0.1) is 0 Å². The monoisotopic (exact) mass is 280 g/mol. The molecule has 2 N–H and O–H groups in total. The van der Waals surface area contributed by atoms with E-state index in [-0.39, 0.29) is 27.6 Å². The number of aromatic nitrogens is 2. The van der Waals surface area contributed by atoms with Gasteiger partial charge in [-0.3, -0.25) is 0 Å². The van der Waals surface area contributed by atoms with Gasteiger partial charge < -0.3 is 14.5 Å². The van der Waals surface area contributed by atoms with Crippen LogP contribution in [0.5, 0.6) is 0 Å². The van der Waals surface area contributed by atoms with Gasteiger partial charge in [0.1, 0.15) is 11.3 Å². The maximum atomic E-state index is 13.3. The van der Waals surface area contributed by atoms with Crippen LogP contribution in [0.1, 0.15) is 10.4 Å². The van der Waals surface area contributed by atoms with Crippen molar-refractivity contribution >= 4 is 28.6 Å². The molecule has 3 aromatic rings. The smallest absolute Gasteiger partial charge is 0.338 e. The molecule has 0 atom stereocenters. The van der Waals surface area contributed by atoms with Gasteiger partial charge in [-0.1, -0.05) is 0 Å². The number of nitrogens with one attached hydrogen (secondary N) is 1. The van der Waals surface area contributed by atoms with Crippen molar-refractivity contribution in [2.24, 2.45) is 0 Å². The number of imidazole rings is 1. The Bertz CT molecular complexity index is 793. The van der Waals surface area contributed by atoms with Crippen LogP contribution in [0.15, 0.2) is 28.7 Å². The number of halogens is 2. The molecule has 5 nitrogen and oxygen atoms in total. The molecule has 0 aliphatic rings. The molecule has 2 aromatic heterocycles. The molecule has 2 heterocycles. The zero-order chi connectivity index (χ0) is 13.6. The van der Waals surface area contributed by atoms with Gasteiger partial charge in [-0.25, -0.2) is 14.2 Å². The van der Waals surface area contributed by atoms with Crippen molar-refractivity contribution in [3.05, 3.63) is 40.9 Å². The lowest BCUT2D eigenvalue weighted by Crippen LogP contribution is -1.98. The molecule has 0 saturated carbocycles. The molecule has 0 bridgehead atoms. The topological polar surface area (TPSA) is 79.1 Å². The van der Waals surface area contributed by atoms with Crippen molar-refractivity contribution in [1.82, 2.24) is 9.97 Å². The normalized spacial score (nSPS) is 11.1. The van der Waals surface area contributed by atoms with Crippen LogP contribution in [0, 0.1) is 5.82 Å². The fourth-order valence-electron chi connectivity index (χ4n) is 1.80. The Balaban J connectivity index is 2.25. The van der Waals surface area contributed by atoms with Crippen LogP contribution in [0.25, 0.3) is 22.6 Å². The number of aromatic amines is 1. The molecule has 96 valence electrons. The summed E-state index contributed by atoms with van der Waals surface area (Å²) < 4.78 is 18.5. The van der Waals surface area contributed by atoms with Gasteiger partial charge in [-0.2, -0.15) is 0 Å². The fourth-order valence-corrected chi connectivity index (χ4v) is 1.95. The quantitative estimate of drug-likeness (QED) is 0.755. The minimum absolute atomic E-state index is 0.163. The highest BCUT2D eigenvalue weighted by atomic mass is 35.5. The van der Waals surface area contributed by atoms with Crippen LogP contribution in [0.4, 0.5) is 4.39 Å². The van der Waals surface area contributed by atoms with Crippen LogP contribution in [0.2, 0.25) is 5.22 Å². The largest absolute Gasteiger partial charge is 0.478 e. The number of benzene rings is 1. The summed E-state index contributed by atoms with van der Waals surface area (Å²) in [6.45, 7) is 0. The van der Waals surface area contributed by atoms with Crippen molar-refractivity contribution in [2.75, 3.05) is 0 Å². The van der Waals surface area contributed by atoms with Gasteiger partial charge in [0.2, 0.25) is 0 Å². The fraction of sp³-hybridized carbons (Fsp3) is 0. The highest BCUT2D eigenvalue weighted by molar-refractivity contribution is 6.29. The molecule has 1 aromatic carbocycles. The number of carboxylic acid groups (broad SMARTS) is 1. The number of fused-ring (bicyclic) bond motifs is 1. The number of hydrogen-bond donors (Lipinski definition) is 2. The summed E-state index contributed by atoms with van der Waals surface area (Å²) in [7, 11) is 0. The molecule has 7 heteroatoms. The van der Waals surface area contributed by atoms with Crippen molar-refractivity contribution in [2.45, 2.75) is 0 Å². The summed E-state index contributed by atoms with van der Waals surface area (Å²) in [5.74, 6) is -1.27. The van der Waals surface area contributed by atoms with Crippen molar-refractivity contribution in [3.8, 4) is 11.6 Å². The van der Waals surface area contributed by atoms with E-state index in [1.165, 1.54) is 12.1 Å². The molecular formula is C12H6ClFN2O3. The molecule has 3 rings (SSSR count). The third-order valence-corrected chi connectivity index (χ3v) is 2.79. The van der Waals surface area contributed by atoms with E-state index in [2.05, 4.69) is 9.97 Å². The highest BCUT2D eigenvalue weighted by Crippen LogP contribution is 2.26. The Morgan fingerprint density at radius 2 is 2.21 bits per heavy atom. The maximum absolute atomic E-state index is 13.3. The molecule has 0 radical (unpaired) electrons. The Kier molecular flexibility index (Phi) is 2.53. The van der Waals surface area contributed by atoms with E-state index >= 15 is 0 Å². The second kappa shape index (κ2) is 4.10. The van der Waals surface area contributed by atoms with E-state index in [9.17, 15) is 9.18 Å². The lowest BCUT2D eigenvalue weighted by molar-refractivity contribution is 0.0698. The Morgan fingerprint density at radius 1 is 1.42 bits per heavy atom. The van der Waals surface area contributed by atoms with E-state index < -0.39 is 11.8 Å².